The second-order valence-corrected chi connectivity index (χ2v) is 9.17. The molecule has 1 aliphatic rings. The molecular formula is C25H31N3O5S. The topological polar surface area (TPSA) is 89.5 Å². The number of aryl methyl sites for hydroxylation is 2. The van der Waals surface area contributed by atoms with Gasteiger partial charge in [-0.1, -0.05) is 17.8 Å². The van der Waals surface area contributed by atoms with Crippen LogP contribution in [0.5, 0.6) is 11.5 Å². The number of amidine groups is 1. The Morgan fingerprint density at radius 2 is 1.76 bits per heavy atom. The monoisotopic (exact) mass is 485 g/mol. The van der Waals surface area contributed by atoms with E-state index < -0.39 is 5.25 Å². The van der Waals surface area contributed by atoms with Gasteiger partial charge in [0.1, 0.15) is 5.25 Å². The highest BCUT2D eigenvalue weighted by Crippen LogP contribution is 2.33. The normalized spacial score (nSPS) is 16.7. The lowest BCUT2D eigenvalue weighted by Crippen LogP contribution is -2.34. The molecule has 0 bridgehead atoms. The molecule has 1 heterocycles. The van der Waals surface area contributed by atoms with E-state index in [1.165, 1.54) is 18.9 Å². The van der Waals surface area contributed by atoms with Gasteiger partial charge < -0.3 is 19.5 Å². The Morgan fingerprint density at radius 1 is 1.06 bits per heavy atom. The van der Waals surface area contributed by atoms with Crippen molar-refractivity contribution in [3.63, 3.8) is 0 Å². The highest BCUT2D eigenvalue weighted by atomic mass is 32.2. The number of methoxy groups -OCH3 is 3. The van der Waals surface area contributed by atoms with Crippen LogP contribution in [0.25, 0.3) is 0 Å². The third-order valence-electron chi connectivity index (χ3n) is 5.22. The van der Waals surface area contributed by atoms with Gasteiger partial charge in [0.05, 0.1) is 19.9 Å². The summed E-state index contributed by atoms with van der Waals surface area (Å²) in [6, 6.07) is 11.2. The Bertz CT molecular complexity index is 1050. The third-order valence-corrected chi connectivity index (χ3v) is 6.39. The number of hydrogen-bond acceptors (Lipinski definition) is 7. The van der Waals surface area contributed by atoms with Crippen molar-refractivity contribution in [1.29, 1.82) is 0 Å². The Balaban J connectivity index is 1.75. The number of nitrogens with zero attached hydrogens (tertiary/aromatic N) is 2. The predicted octanol–water partition coefficient (Wildman–Crippen LogP) is 4.32. The first-order chi connectivity index (χ1) is 16.3. The molecule has 0 aliphatic carbocycles. The molecule has 3 rings (SSSR count). The highest BCUT2D eigenvalue weighted by molar-refractivity contribution is 8.15. The molecule has 1 saturated heterocycles. The lowest BCUT2D eigenvalue weighted by atomic mass is 10.1. The van der Waals surface area contributed by atoms with Crippen LogP contribution in [0.3, 0.4) is 0 Å². The van der Waals surface area contributed by atoms with E-state index in [2.05, 4.69) is 11.4 Å². The summed E-state index contributed by atoms with van der Waals surface area (Å²) in [5.74, 6) is 0.703. The molecule has 8 nitrogen and oxygen atoms in total. The number of amides is 2. The largest absolute Gasteiger partial charge is 0.493 e. The first kappa shape index (κ1) is 25.6. The van der Waals surface area contributed by atoms with E-state index in [4.69, 9.17) is 19.2 Å². The highest BCUT2D eigenvalue weighted by Gasteiger charge is 2.39. The minimum Gasteiger partial charge on any atom is -0.493 e. The molecule has 1 atom stereocenters. The number of ether oxygens (including phenoxy) is 3. The lowest BCUT2D eigenvalue weighted by Gasteiger charge is -2.16. The van der Waals surface area contributed by atoms with Crippen LogP contribution in [0.15, 0.2) is 41.4 Å². The number of benzene rings is 2. The second-order valence-electron chi connectivity index (χ2n) is 8.01. The van der Waals surface area contributed by atoms with Crippen molar-refractivity contribution in [2.45, 2.75) is 31.9 Å². The first-order valence-electron chi connectivity index (χ1n) is 11.0. The van der Waals surface area contributed by atoms with Crippen LogP contribution >= 0.6 is 11.8 Å². The van der Waals surface area contributed by atoms with Crippen molar-refractivity contribution in [2.24, 2.45) is 4.99 Å². The average Bonchev–Trinajstić information content (AvgIpc) is 3.07. The van der Waals surface area contributed by atoms with Gasteiger partial charge in [0.25, 0.3) is 0 Å². The molecule has 34 heavy (non-hydrogen) atoms. The maximum Gasteiger partial charge on any atom is 0.242 e. The predicted molar refractivity (Wildman–Crippen MR) is 135 cm³/mol. The van der Waals surface area contributed by atoms with Gasteiger partial charge in [-0.2, -0.15) is 0 Å². The molecule has 2 amide bonds. The molecule has 1 unspecified atom stereocenters. The van der Waals surface area contributed by atoms with Crippen molar-refractivity contribution >= 4 is 40.1 Å². The summed E-state index contributed by atoms with van der Waals surface area (Å²) in [7, 11) is 4.72. The van der Waals surface area contributed by atoms with Crippen molar-refractivity contribution in [3.05, 3.63) is 47.5 Å². The van der Waals surface area contributed by atoms with Gasteiger partial charge >= 0.3 is 0 Å². The Labute approximate surface area is 204 Å². The number of carbonyl (C=O) groups excluding carboxylic acids is 2. The van der Waals surface area contributed by atoms with Gasteiger partial charge in [-0.15, -0.1) is 0 Å². The summed E-state index contributed by atoms with van der Waals surface area (Å²) < 4.78 is 15.7. The van der Waals surface area contributed by atoms with E-state index in [0.29, 0.717) is 41.9 Å². The average molecular weight is 486 g/mol. The zero-order valence-corrected chi connectivity index (χ0v) is 21.0. The van der Waals surface area contributed by atoms with E-state index in [9.17, 15) is 9.59 Å². The van der Waals surface area contributed by atoms with Gasteiger partial charge in [-0.25, -0.2) is 4.99 Å². The minimum atomic E-state index is -0.549. The van der Waals surface area contributed by atoms with E-state index in [0.717, 1.165) is 16.8 Å². The van der Waals surface area contributed by atoms with Crippen molar-refractivity contribution < 1.29 is 23.8 Å². The van der Waals surface area contributed by atoms with Gasteiger partial charge in [-0.3, -0.25) is 14.5 Å². The number of rotatable bonds is 10. The molecule has 0 saturated carbocycles. The van der Waals surface area contributed by atoms with Gasteiger partial charge in [0.2, 0.25) is 11.8 Å². The SMILES string of the molecule is COCCCN1C(=O)C(CC(=O)Nc2ccc(OC)c(OC)c2)SC1=Nc1cc(C)cc(C)c1. The van der Waals surface area contributed by atoms with Crippen LogP contribution in [0.1, 0.15) is 24.0 Å². The summed E-state index contributed by atoms with van der Waals surface area (Å²) in [5.41, 5.74) is 3.56. The van der Waals surface area contributed by atoms with E-state index >= 15 is 0 Å². The zero-order valence-electron chi connectivity index (χ0n) is 20.2. The Kier molecular flexibility index (Phi) is 8.95. The number of nitrogens with one attached hydrogen (secondary N) is 1. The maximum absolute atomic E-state index is 13.2. The van der Waals surface area contributed by atoms with E-state index in [1.54, 1.807) is 37.3 Å². The van der Waals surface area contributed by atoms with Gasteiger partial charge in [-0.05, 0) is 55.7 Å². The van der Waals surface area contributed by atoms with Gasteiger partial charge in [0, 0.05) is 38.4 Å². The Morgan fingerprint density at radius 3 is 2.41 bits per heavy atom. The Hall–Kier alpha value is -3.04. The minimum absolute atomic E-state index is 0.0322. The van der Waals surface area contributed by atoms with Crippen LogP contribution in [0.2, 0.25) is 0 Å². The first-order valence-corrected chi connectivity index (χ1v) is 11.9. The maximum atomic E-state index is 13.2. The summed E-state index contributed by atoms with van der Waals surface area (Å²) in [4.78, 5) is 32.4. The number of hydrogen-bond donors (Lipinski definition) is 1. The van der Waals surface area contributed by atoms with Crippen molar-refractivity contribution in [3.8, 4) is 11.5 Å². The standard InChI is InChI=1S/C25H31N3O5S/c1-16-11-17(2)13-19(12-16)27-25-28(9-6-10-31-3)24(30)22(34-25)15-23(29)26-18-7-8-20(32-4)21(14-18)33-5/h7-8,11-14,22H,6,9-10,15H2,1-5H3,(H,26,29). The number of anilines is 1. The fourth-order valence-corrected chi connectivity index (χ4v) is 4.90. The summed E-state index contributed by atoms with van der Waals surface area (Å²) in [6.07, 6.45) is 0.712. The lowest BCUT2D eigenvalue weighted by molar-refractivity contribution is -0.128. The smallest absolute Gasteiger partial charge is 0.242 e. The number of carbonyl (C=O) groups is 2. The molecule has 182 valence electrons. The summed E-state index contributed by atoms with van der Waals surface area (Å²) in [5, 5.41) is 2.90. The molecule has 1 aliphatic heterocycles. The second kappa shape index (κ2) is 11.9. The molecule has 9 heteroatoms. The van der Waals surface area contributed by atoms with E-state index in [1.807, 2.05) is 26.0 Å². The molecule has 1 fully saturated rings. The van der Waals surface area contributed by atoms with Crippen LogP contribution in [-0.2, 0) is 14.3 Å². The molecule has 0 radical (unpaired) electrons. The third kappa shape index (κ3) is 6.51. The van der Waals surface area contributed by atoms with E-state index in [-0.39, 0.29) is 18.2 Å². The van der Waals surface area contributed by atoms with Crippen LogP contribution in [0.4, 0.5) is 11.4 Å². The molecule has 2 aromatic rings. The fraction of sp³-hybridized carbons (Fsp3) is 0.400. The number of aliphatic imine (C=N–C) groups is 1. The number of thioether (sulfide) groups is 1. The van der Waals surface area contributed by atoms with Crippen LogP contribution in [0, 0.1) is 13.8 Å². The summed E-state index contributed by atoms with van der Waals surface area (Å²) >= 11 is 1.32. The zero-order chi connectivity index (χ0) is 24.7. The molecule has 0 aromatic heterocycles. The van der Waals surface area contributed by atoms with Crippen LogP contribution < -0.4 is 14.8 Å². The molecule has 2 aromatic carbocycles. The molecular weight excluding hydrogens is 454 g/mol. The van der Waals surface area contributed by atoms with Crippen molar-refractivity contribution in [1.82, 2.24) is 4.90 Å². The fourth-order valence-electron chi connectivity index (χ4n) is 3.72. The molecule has 1 N–H and O–H groups in total. The molecule has 0 spiro atoms. The van der Waals surface area contributed by atoms with Crippen LogP contribution in [-0.4, -0.2) is 61.6 Å². The quantitative estimate of drug-likeness (QED) is 0.504. The summed E-state index contributed by atoms with van der Waals surface area (Å²) in [6.45, 7) is 5.05. The van der Waals surface area contributed by atoms with Crippen molar-refractivity contribution in [2.75, 3.05) is 39.8 Å². The van der Waals surface area contributed by atoms with Gasteiger partial charge in [0.15, 0.2) is 16.7 Å².